The Balaban J connectivity index is 0.00000261. The van der Waals surface area contributed by atoms with Crippen molar-refractivity contribution in [1.29, 1.82) is 0 Å². The number of nitrogens with zero attached hydrogens (tertiary/aromatic N) is 1. The van der Waals surface area contributed by atoms with Crippen LogP contribution in [0.2, 0.25) is 0 Å². The van der Waals surface area contributed by atoms with Crippen LogP contribution in [0.1, 0.15) is 40.7 Å². The number of rotatable bonds is 6. The average Bonchev–Trinajstić information content (AvgIpc) is 3.34. The van der Waals surface area contributed by atoms with Gasteiger partial charge in [0.2, 0.25) is 5.91 Å². The van der Waals surface area contributed by atoms with E-state index in [2.05, 4.69) is 43.3 Å². The van der Waals surface area contributed by atoms with E-state index in [1.54, 1.807) is 4.90 Å². The molecule has 5 heteroatoms. The molecule has 0 saturated heterocycles. The minimum Gasteiger partial charge on any atom is -0.488 e. The van der Waals surface area contributed by atoms with Crippen molar-refractivity contribution in [3.05, 3.63) is 64.2 Å². The van der Waals surface area contributed by atoms with Crippen molar-refractivity contribution in [2.75, 3.05) is 7.05 Å². The number of amides is 1. The third-order valence-electron chi connectivity index (χ3n) is 5.00. The zero-order chi connectivity index (χ0) is 18.9. The van der Waals surface area contributed by atoms with Crippen molar-refractivity contribution < 1.29 is 9.53 Å². The Bertz CT molecular complexity index is 791. The topological polar surface area (TPSA) is 55.6 Å². The fourth-order valence-corrected chi connectivity index (χ4v) is 3.27. The number of ether oxygens (including phenoxy) is 1. The molecule has 0 heterocycles. The zero-order valence-electron chi connectivity index (χ0n) is 16.5. The van der Waals surface area contributed by atoms with Crippen molar-refractivity contribution in [2.45, 2.75) is 52.3 Å². The average molecular weight is 389 g/mol. The van der Waals surface area contributed by atoms with E-state index in [0.717, 1.165) is 40.8 Å². The fraction of sp³-hybridized carbons (Fsp3) is 0.409. The van der Waals surface area contributed by atoms with Gasteiger partial charge in [-0.2, -0.15) is 0 Å². The van der Waals surface area contributed by atoms with Crippen LogP contribution in [0.5, 0.6) is 5.75 Å². The van der Waals surface area contributed by atoms with E-state index in [1.165, 1.54) is 5.56 Å². The Labute approximate surface area is 168 Å². The van der Waals surface area contributed by atoms with Crippen LogP contribution in [0.25, 0.3) is 0 Å². The molecule has 1 aliphatic rings. The van der Waals surface area contributed by atoms with Crippen LogP contribution in [-0.2, 0) is 17.9 Å². The number of benzene rings is 2. The van der Waals surface area contributed by atoms with Crippen LogP contribution < -0.4 is 10.5 Å². The fourth-order valence-electron chi connectivity index (χ4n) is 3.27. The van der Waals surface area contributed by atoms with Gasteiger partial charge in [0.15, 0.2) is 0 Å². The normalized spacial score (nSPS) is 14.3. The summed E-state index contributed by atoms with van der Waals surface area (Å²) in [5, 5.41) is 0. The summed E-state index contributed by atoms with van der Waals surface area (Å²) in [6.45, 7) is 7.30. The largest absolute Gasteiger partial charge is 0.488 e. The lowest BCUT2D eigenvalue weighted by molar-refractivity contribution is -0.132. The first-order valence-corrected chi connectivity index (χ1v) is 9.11. The maximum atomic E-state index is 12.3. The van der Waals surface area contributed by atoms with Crippen LogP contribution in [0.4, 0.5) is 0 Å². The van der Waals surface area contributed by atoms with Crippen molar-refractivity contribution >= 4 is 18.3 Å². The van der Waals surface area contributed by atoms with Crippen LogP contribution in [0, 0.1) is 20.8 Å². The quantitative estimate of drug-likeness (QED) is 0.811. The molecular weight excluding hydrogens is 360 g/mol. The molecule has 0 bridgehead atoms. The highest BCUT2D eigenvalue weighted by Crippen LogP contribution is 2.34. The second-order valence-corrected chi connectivity index (χ2v) is 7.65. The Hall–Kier alpha value is -2.04. The molecule has 1 amide bonds. The predicted octanol–water partition coefficient (Wildman–Crippen LogP) is 4.06. The van der Waals surface area contributed by atoms with E-state index in [-0.39, 0.29) is 18.3 Å². The third-order valence-corrected chi connectivity index (χ3v) is 5.00. The van der Waals surface area contributed by atoms with Gasteiger partial charge in [-0.1, -0.05) is 42.0 Å². The Kier molecular flexibility index (Phi) is 6.55. The Morgan fingerprint density at radius 1 is 1.07 bits per heavy atom. The van der Waals surface area contributed by atoms with Crippen molar-refractivity contribution in [1.82, 2.24) is 4.90 Å². The molecule has 1 aliphatic carbocycles. The van der Waals surface area contributed by atoms with E-state index < -0.39 is 5.54 Å². The first kappa shape index (κ1) is 21.3. The highest BCUT2D eigenvalue weighted by Gasteiger charge is 2.47. The molecule has 2 aromatic rings. The third kappa shape index (κ3) is 5.02. The van der Waals surface area contributed by atoms with Crippen molar-refractivity contribution in [3.63, 3.8) is 0 Å². The number of hydrogen-bond acceptors (Lipinski definition) is 3. The summed E-state index contributed by atoms with van der Waals surface area (Å²) in [4.78, 5) is 14.1. The number of aryl methyl sites for hydroxylation is 3. The number of carbonyl (C=O) groups excluding carboxylic acids is 1. The number of halogens is 1. The van der Waals surface area contributed by atoms with Crippen LogP contribution in [0.15, 0.2) is 36.4 Å². The summed E-state index contributed by atoms with van der Waals surface area (Å²) in [6, 6.07) is 12.6. The van der Waals surface area contributed by atoms with E-state index in [1.807, 2.05) is 20.9 Å². The van der Waals surface area contributed by atoms with Gasteiger partial charge in [0.1, 0.15) is 12.4 Å². The monoisotopic (exact) mass is 388 g/mol. The number of likely N-dealkylation sites (N-methyl/N-ethyl adjacent to an activating group) is 1. The molecule has 0 radical (unpaired) electrons. The van der Waals surface area contributed by atoms with Gasteiger partial charge in [0.25, 0.3) is 0 Å². The Morgan fingerprint density at radius 2 is 1.63 bits per heavy atom. The molecule has 27 heavy (non-hydrogen) atoms. The van der Waals surface area contributed by atoms with Gasteiger partial charge in [-0.15, -0.1) is 12.4 Å². The maximum absolute atomic E-state index is 12.3. The SMILES string of the molecule is Cc1ccc(COc2c(C)cc(CN(C)C(=O)C3(N)CC3)cc2C)cc1.Cl. The van der Waals surface area contributed by atoms with Crippen LogP contribution in [0.3, 0.4) is 0 Å². The van der Waals surface area contributed by atoms with Crippen molar-refractivity contribution in [3.8, 4) is 5.75 Å². The molecule has 3 rings (SSSR count). The van der Waals surface area contributed by atoms with Gasteiger partial charge in [0.05, 0.1) is 5.54 Å². The lowest BCUT2D eigenvalue weighted by Crippen LogP contribution is -2.43. The molecule has 0 aromatic heterocycles. The van der Waals surface area contributed by atoms with E-state index in [4.69, 9.17) is 10.5 Å². The summed E-state index contributed by atoms with van der Waals surface area (Å²) >= 11 is 0. The van der Waals surface area contributed by atoms with Crippen molar-refractivity contribution in [2.24, 2.45) is 5.73 Å². The Morgan fingerprint density at radius 3 is 2.15 bits per heavy atom. The van der Waals surface area contributed by atoms with Crippen LogP contribution in [-0.4, -0.2) is 23.4 Å². The number of nitrogens with two attached hydrogens (primary N) is 1. The summed E-state index contributed by atoms with van der Waals surface area (Å²) in [6.07, 6.45) is 1.58. The van der Waals surface area contributed by atoms with Gasteiger partial charge < -0.3 is 15.4 Å². The standard InChI is InChI=1S/C22H28N2O2.ClH/c1-15-5-7-18(8-6-15)14-26-20-16(2)11-19(12-17(20)3)13-24(4)21(25)22(23)9-10-22;/h5-8,11-12H,9-10,13-14,23H2,1-4H3;1H. The van der Waals surface area contributed by atoms with Gasteiger partial charge >= 0.3 is 0 Å². The molecule has 0 aliphatic heterocycles. The van der Waals surface area contributed by atoms with Crippen LogP contribution >= 0.6 is 12.4 Å². The molecule has 1 saturated carbocycles. The lowest BCUT2D eigenvalue weighted by Gasteiger charge is -2.22. The first-order valence-electron chi connectivity index (χ1n) is 9.11. The summed E-state index contributed by atoms with van der Waals surface area (Å²) < 4.78 is 6.06. The minimum atomic E-state index is -0.615. The predicted molar refractivity (Wildman–Crippen MR) is 111 cm³/mol. The van der Waals surface area contributed by atoms with Gasteiger partial charge in [-0.25, -0.2) is 0 Å². The second-order valence-electron chi connectivity index (χ2n) is 7.65. The molecule has 0 unspecified atom stereocenters. The summed E-state index contributed by atoms with van der Waals surface area (Å²) in [5.41, 5.74) is 11.1. The lowest BCUT2D eigenvalue weighted by atomic mass is 10.0. The smallest absolute Gasteiger partial charge is 0.242 e. The highest BCUT2D eigenvalue weighted by molar-refractivity contribution is 5.88. The van der Waals surface area contributed by atoms with E-state index in [0.29, 0.717) is 13.2 Å². The highest BCUT2D eigenvalue weighted by atomic mass is 35.5. The molecule has 0 atom stereocenters. The van der Waals surface area contributed by atoms with E-state index in [9.17, 15) is 4.79 Å². The molecule has 2 N–H and O–H groups in total. The maximum Gasteiger partial charge on any atom is 0.242 e. The number of hydrogen-bond donors (Lipinski definition) is 1. The summed E-state index contributed by atoms with van der Waals surface area (Å²) in [5.74, 6) is 0.952. The first-order chi connectivity index (χ1) is 12.3. The van der Waals surface area contributed by atoms with Gasteiger partial charge in [0, 0.05) is 13.6 Å². The summed E-state index contributed by atoms with van der Waals surface area (Å²) in [7, 11) is 1.82. The van der Waals surface area contributed by atoms with Gasteiger partial charge in [-0.05, 0) is 55.9 Å². The molecular formula is C22H29ClN2O2. The number of carbonyl (C=O) groups is 1. The van der Waals surface area contributed by atoms with Gasteiger partial charge in [-0.3, -0.25) is 4.79 Å². The minimum absolute atomic E-state index is 0. The molecule has 4 nitrogen and oxygen atoms in total. The second kappa shape index (κ2) is 8.32. The van der Waals surface area contributed by atoms with E-state index >= 15 is 0 Å². The molecule has 1 fully saturated rings. The zero-order valence-corrected chi connectivity index (χ0v) is 17.4. The molecule has 146 valence electrons. The molecule has 2 aromatic carbocycles. The molecule has 0 spiro atoms.